The molecule has 7 heteroatoms. The van der Waals surface area contributed by atoms with E-state index in [2.05, 4.69) is 15.1 Å². The largest absolute Gasteiger partial charge is 0.481 e. The van der Waals surface area contributed by atoms with Crippen LogP contribution in [0.3, 0.4) is 0 Å². The van der Waals surface area contributed by atoms with E-state index in [9.17, 15) is 9.90 Å². The Bertz CT molecular complexity index is 643. The molecular weight excluding hydrogens is 282 g/mol. The first-order valence-corrected chi connectivity index (χ1v) is 6.72. The second-order valence-electron chi connectivity index (χ2n) is 4.77. The van der Waals surface area contributed by atoms with E-state index in [-0.39, 0.29) is 5.92 Å². The van der Waals surface area contributed by atoms with E-state index in [1.165, 1.54) is 0 Å². The van der Waals surface area contributed by atoms with Crippen molar-refractivity contribution in [3.05, 3.63) is 29.2 Å². The molecule has 0 aliphatic heterocycles. The van der Waals surface area contributed by atoms with Crippen LogP contribution in [0.5, 0.6) is 0 Å². The Balaban J connectivity index is 1.91. The third-order valence-corrected chi connectivity index (χ3v) is 3.87. The lowest BCUT2D eigenvalue weighted by Crippen LogP contribution is -2.17. The van der Waals surface area contributed by atoms with Gasteiger partial charge in [-0.05, 0) is 25.0 Å². The minimum atomic E-state index is -0.817. The first-order valence-electron chi connectivity index (χ1n) is 6.34. The van der Waals surface area contributed by atoms with Gasteiger partial charge >= 0.3 is 5.97 Å². The summed E-state index contributed by atoms with van der Waals surface area (Å²) in [5.41, 5.74) is 0.439. The predicted octanol–water partition coefficient (Wildman–Crippen LogP) is 2.75. The highest BCUT2D eigenvalue weighted by molar-refractivity contribution is 6.32. The van der Waals surface area contributed by atoms with Crippen molar-refractivity contribution in [2.24, 2.45) is 5.92 Å². The summed E-state index contributed by atoms with van der Waals surface area (Å²) in [5, 5.41) is 13.5. The van der Waals surface area contributed by atoms with Crippen molar-refractivity contribution in [3.8, 4) is 11.5 Å². The molecule has 1 N–H and O–H groups in total. The van der Waals surface area contributed by atoms with Gasteiger partial charge in [0.15, 0.2) is 0 Å². The number of carboxylic acid groups (broad SMARTS) is 1. The molecule has 6 nitrogen and oxygen atoms in total. The van der Waals surface area contributed by atoms with Crippen LogP contribution >= 0.6 is 11.6 Å². The molecule has 0 radical (unpaired) electrons. The van der Waals surface area contributed by atoms with Gasteiger partial charge in [-0.3, -0.25) is 9.78 Å². The van der Waals surface area contributed by atoms with E-state index in [4.69, 9.17) is 16.1 Å². The minimum Gasteiger partial charge on any atom is -0.481 e. The van der Waals surface area contributed by atoms with Crippen LogP contribution in [0.4, 0.5) is 0 Å². The maximum absolute atomic E-state index is 11.2. The molecule has 2 aromatic heterocycles. The number of aliphatic carboxylic acids is 1. The van der Waals surface area contributed by atoms with Gasteiger partial charge in [0.05, 0.1) is 16.9 Å². The minimum absolute atomic E-state index is 0.226. The normalized spacial score (nSPS) is 22.1. The van der Waals surface area contributed by atoms with Crippen molar-refractivity contribution < 1.29 is 14.4 Å². The quantitative estimate of drug-likeness (QED) is 0.936. The van der Waals surface area contributed by atoms with Crippen molar-refractivity contribution in [1.29, 1.82) is 0 Å². The van der Waals surface area contributed by atoms with Gasteiger partial charge in [0, 0.05) is 6.20 Å². The molecule has 2 aromatic rings. The predicted molar refractivity (Wildman–Crippen MR) is 70.3 cm³/mol. The monoisotopic (exact) mass is 293 g/mol. The summed E-state index contributed by atoms with van der Waals surface area (Å²) in [6.45, 7) is 0. The highest BCUT2D eigenvalue weighted by Gasteiger charge is 2.37. The topological polar surface area (TPSA) is 89.1 Å². The summed E-state index contributed by atoms with van der Waals surface area (Å²) < 4.78 is 5.22. The van der Waals surface area contributed by atoms with Crippen LogP contribution in [-0.4, -0.2) is 26.2 Å². The molecule has 1 aliphatic rings. The summed E-state index contributed by atoms with van der Waals surface area (Å²) in [6.07, 6.45) is 3.83. The Kier molecular flexibility index (Phi) is 3.40. The maximum Gasteiger partial charge on any atom is 0.307 e. The van der Waals surface area contributed by atoms with Gasteiger partial charge in [0.25, 0.3) is 0 Å². The van der Waals surface area contributed by atoms with Gasteiger partial charge in [0.1, 0.15) is 5.69 Å². The number of pyridine rings is 1. The highest BCUT2D eigenvalue weighted by Crippen LogP contribution is 2.39. The SMILES string of the molecule is O=C(O)C1CCCC1c1nc(-c2ncccc2Cl)no1. The average Bonchev–Trinajstić information content (AvgIpc) is 3.07. The van der Waals surface area contributed by atoms with Crippen molar-refractivity contribution in [2.75, 3.05) is 0 Å². The first-order chi connectivity index (χ1) is 9.66. The van der Waals surface area contributed by atoms with Crippen LogP contribution in [0.25, 0.3) is 11.5 Å². The highest BCUT2D eigenvalue weighted by atomic mass is 35.5. The molecule has 0 aromatic carbocycles. The average molecular weight is 294 g/mol. The van der Waals surface area contributed by atoms with Gasteiger partial charge in [-0.15, -0.1) is 0 Å². The van der Waals surface area contributed by atoms with Gasteiger partial charge in [-0.1, -0.05) is 23.2 Å². The molecule has 0 saturated heterocycles. The zero-order valence-corrected chi connectivity index (χ0v) is 11.2. The van der Waals surface area contributed by atoms with Crippen LogP contribution in [0.1, 0.15) is 31.1 Å². The number of rotatable bonds is 3. The fraction of sp³-hybridized carbons (Fsp3) is 0.385. The fourth-order valence-electron chi connectivity index (χ4n) is 2.58. The standard InChI is InChI=1S/C13H12ClN3O3/c14-9-5-2-6-15-10(9)11-16-12(20-17-11)7-3-1-4-8(7)13(18)19/h2,5-8H,1,3-4H2,(H,18,19). The third kappa shape index (κ3) is 2.27. The van der Waals surface area contributed by atoms with Crippen LogP contribution in [0.15, 0.2) is 22.9 Å². The molecule has 0 amide bonds. The van der Waals surface area contributed by atoms with E-state index in [1.54, 1.807) is 18.3 Å². The van der Waals surface area contributed by atoms with Gasteiger partial charge < -0.3 is 9.63 Å². The van der Waals surface area contributed by atoms with Crippen molar-refractivity contribution in [1.82, 2.24) is 15.1 Å². The molecule has 2 unspecified atom stereocenters. The second kappa shape index (κ2) is 5.20. The second-order valence-corrected chi connectivity index (χ2v) is 5.18. The summed E-state index contributed by atoms with van der Waals surface area (Å²) in [7, 11) is 0. The molecule has 0 spiro atoms. The first kappa shape index (κ1) is 13.1. The molecule has 2 atom stereocenters. The lowest BCUT2D eigenvalue weighted by molar-refractivity contribution is -0.142. The van der Waals surface area contributed by atoms with Crippen LogP contribution < -0.4 is 0 Å². The lowest BCUT2D eigenvalue weighted by atomic mass is 9.96. The van der Waals surface area contributed by atoms with Gasteiger partial charge in [-0.25, -0.2) is 0 Å². The summed E-state index contributed by atoms with van der Waals surface area (Å²) in [4.78, 5) is 19.6. The van der Waals surface area contributed by atoms with Crippen molar-refractivity contribution >= 4 is 17.6 Å². The molecule has 20 heavy (non-hydrogen) atoms. The third-order valence-electron chi connectivity index (χ3n) is 3.56. The number of carboxylic acids is 1. The Morgan fingerprint density at radius 1 is 1.45 bits per heavy atom. The van der Waals surface area contributed by atoms with Gasteiger partial charge in [-0.2, -0.15) is 4.98 Å². The number of hydrogen-bond donors (Lipinski definition) is 1. The van der Waals surface area contributed by atoms with Crippen LogP contribution in [-0.2, 0) is 4.79 Å². The van der Waals surface area contributed by atoms with Crippen molar-refractivity contribution in [3.63, 3.8) is 0 Å². The van der Waals surface area contributed by atoms with E-state index in [0.29, 0.717) is 28.9 Å². The Morgan fingerprint density at radius 3 is 3.05 bits per heavy atom. The van der Waals surface area contributed by atoms with E-state index in [1.807, 2.05) is 0 Å². The number of aromatic nitrogens is 3. The number of hydrogen-bond acceptors (Lipinski definition) is 5. The summed E-state index contributed by atoms with van der Waals surface area (Å²) in [6, 6.07) is 3.40. The van der Waals surface area contributed by atoms with E-state index in [0.717, 1.165) is 12.8 Å². The lowest BCUT2D eigenvalue weighted by Gasteiger charge is -2.09. The molecule has 2 heterocycles. The Morgan fingerprint density at radius 2 is 2.30 bits per heavy atom. The molecule has 104 valence electrons. The zero-order chi connectivity index (χ0) is 14.1. The van der Waals surface area contributed by atoms with E-state index < -0.39 is 11.9 Å². The van der Waals surface area contributed by atoms with E-state index >= 15 is 0 Å². The molecule has 3 rings (SSSR count). The molecule has 1 saturated carbocycles. The zero-order valence-electron chi connectivity index (χ0n) is 10.5. The van der Waals surface area contributed by atoms with Gasteiger partial charge in [0.2, 0.25) is 11.7 Å². The summed E-state index contributed by atoms with van der Waals surface area (Å²) >= 11 is 6.03. The number of nitrogens with zero attached hydrogens (tertiary/aromatic N) is 3. The molecule has 1 aliphatic carbocycles. The number of halogens is 1. The van der Waals surface area contributed by atoms with Crippen LogP contribution in [0.2, 0.25) is 5.02 Å². The summed E-state index contributed by atoms with van der Waals surface area (Å²) in [5.74, 6) is -0.852. The molecular formula is C13H12ClN3O3. The maximum atomic E-state index is 11.2. The van der Waals surface area contributed by atoms with Crippen molar-refractivity contribution in [2.45, 2.75) is 25.2 Å². The molecule has 0 bridgehead atoms. The smallest absolute Gasteiger partial charge is 0.307 e. The molecule has 1 fully saturated rings. The Hall–Kier alpha value is -1.95. The Labute approximate surface area is 119 Å². The fourth-order valence-corrected chi connectivity index (χ4v) is 2.79. The van der Waals surface area contributed by atoms with Crippen LogP contribution in [0, 0.1) is 5.92 Å². The number of carbonyl (C=O) groups is 1.